The van der Waals surface area contributed by atoms with Gasteiger partial charge in [-0.2, -0.15) is 0 Å². The average Bonchev–Trinajstić information content (AvgIpc) is 2.40. The predicted molar refractivity (Wildman–Crippen MR) is 73.1 cm³/mol. The van der Waals surface area contributed by atoms with Crippen molar-refractivity contribution in [2.24, 2.45) is 0 Å². The summed E-state index contributed by atoms with van der Waals surface area (Å²) in [6.07, 6.45) is 6.24. The van der Waals surface area contributed by atoms with Crippen molar-refractivity contribution < 1.29 is 9.53 Å². The first-order valence-corrected chi connectivity index (χ1v) is 7.07. The van der Waals surface area contributed by atoms with Crippen molar-refractivity contribution >= 4 is 5.91 Å². The van der Waals surface area contributed by atoms with Gasteiger partial charge in [0, 0.05) is 19.5 Å². The first-order valence-electron chi connectivity index (χ1n) is 7.07. The first-order chi connectivity index (χ1) is 8.77. The molecule has 0 spiro atoms. The second-order valence-electron chi connectivity index (χ2n) is 4.78. The Morgan fingerprint density at radius 1 is 1.33 bits per heavy atom. The van der Waals surface area contributed by atoms with Crippen LogP contribution in [0.15, 0.2) is 0 Å². The molecule has 0 unspecified atom stereocenters. The molecule has 3 heteroatoms. The molecule has 1 heterocycles. The third-order valence-electron chi connectivity index (χ3n) is 3.36. The molecule has 1 aliphatic rings. The summed E-state index contributed by atoms with van der Waals surface area (Å²) < 4.78 is 5.64. The van der Waals surface area contributed by atoms with Gasteiger partial charge in [-0.1, -0.05) is 25.7 Å². The molecule has 18 heavy (non-hydrogen) atoms. The molecule has 102 valence electrons. The van der Waals surface area contributed by atoms with Gasteiger partial charge in [-0.05, 0) is 26.2 Å². The van der Waals surface area contributed by atoms with E-state index in [4.69, 9.17) is 4.74 Å². The number of hydrogen-bond donors (Lipinski definition) is 0. The molecule has 0 aliphatic carbocycles. The molecule has 0 atom stereocenters. The molecular formula is C15H25NO2. The van der Waals surface area contributed by atoms with Crippen LogP contribution in [0.2, 0.25) is 0 Å². The SMILES string of the molecule is CC#CCOC1CCN(C(=O)CCCCC)CC1. The van der Waals surface area contributed by atoms with Crippen LogP contribution in [0.25, 0.3) is 0 Å². The van der Waals surface area contributed by atoms with E-state index in [0.717, 1.165) is 38.8 Å². The lowest BCUT2D eigenvalue weighted by molar-refractivity contribution is -0.133. The first kappa shape index (κ1) is 15.0. The Kier molecular flexibility index (Phi) is 7.52. The number of carbonyl (C=O) groups is 1. The van der Waals surface area contributed by atoms with Crippen molar-refractivity contribution in [1.29, 1.82) is 0 Å². The molecule has 1 saturated heterocycles. The second-order valence-corrected chi connectivity index (χ2v) is 4.78. The van der Waals surface area contributed by atoms with Crippen LogP contribution in [0.3, 0.4) is 0 Å². The van der Waals surface area contributed by atoms with Gasteiger partial charge in [-0.25, -0.2) is 0 Å². The van der Waals surface area contributed by atoms with E-state index in [9.17, 15) is 4.79 Å². The van der Waals surface area contributed by atoms with E-state index in [1.165, 1.54) is 6.42 Å². The van der Waals surface area contributed by atoms with Crippen molar-refractivity contribution in [1.82, 2.24) is 4.90 Å². The van der Waals surface area contributed by atoms with Crippen molar-refractivity contribution in [3.63, 3.8) is 0 Å². The normalized spacial score (nSPS) is 16.2. The van der Waals surface area contributed by atoms with Crippen molar-refractivity contribution in [2.45, 2.75) is 58.5 Å². The molecule has 0 aromatic carbocycles. The highest BCUT2D eigenvalue weighted by Gasteiger charge is 2.22. The maximum absolute atomic E-state index is 11.9. The summed E-state index contributed by atoms with van der Waals surface area (Å²) in [5.74, 6) is 6.05. The van der Waals surface area contributed by atoms with Crippen molar-refractivity contribution in [3.05, 3.63) is 0 Å². The molecule has 0 bridgehead atoms. The van der Waals surface area contributed by atoms with Gasteiger partial charge < -0.3 is 9.64 Å². The molecule has 1 fully saturated rings. The van der Waals surface area contributed by atoms with Crippen LogP contribution in [0.1, 0.15) is 52.4 Å². The van der Waals surface area contributed by atoms with Crippen molar-refractivity contribution in [3.8, 4) is 11.8 Å². The van der Waals surface area contributed by atoms with Gasteiger partial charge in [0.2, 0.25) is 5.91 Å². The topological polar surface area (TPSA) is 29.5 Å². The molecular weight excluding hydrogens is 226 g/mol. The molecule has 1 aliphatic heterocycles. The summed E-state index contributed by atoms with van der Waals surface area (Å²) in [6.45, 7) is 6.18. The molecule has 3 nitrogen and oxygen atoms in total. The number of piperidine rings is 1. The van der Waals surface area contributed by atoms with Crippen LogP contribution >= 0.6 is 0 Å². The monoisotopic (exact) mass is 251 g/mol. The number of rotatable bonds is 6. The Bertz CT molecular complexity index is 295. The lowest BCUT2D eigenvalue weighted by Crippen LogP contribution is -2.40. The number of unbranched alkanes of at least 4 members (excludes halogenated alkanes) is 2. The van der Waals surface area contributed by atoms with E-state index < -0.39 is 0 Å². The zero-order chi connectivity index (χ0) is 13.2. The largest absolute Gasteiger partial charge is 0.365 e. The van der Waals surface area contributed by atoms with E-state index in [2.05, 4.69) is 18.8 Å². The van der Waals surface area contributed by atoms with Gasteiger partial charge in [0.15, 0.2) is 0 Å². The third kappa shape index (κ3) is 5.55. The number of ether oxygens (including phenoxy) is 1. The van der Waals surface area contributed by atoms with E-state index in [1.54, 1.807) is 0 Å². The second kappa shape index (κ2) is 8.99. The average molecular weight is 251 g/mol. The summed E-state index contributed by atoms with van der Waals surface area (Å²) in [5, 5.41) is 0. The highest BCUT2D eigenvalue weighted by atomic mass is 16.5. The molecule has 0 aromatic heterocycles. The Hall–Kier alpha value is -1.01. The smallest absolute Gasteiger partial charge is 0.222 e. The number of hydrogen-bond acceptors (Lipinski definition) is 2. The molecule has 0 saturated carbocycles. The van der Waals surface area contributed by atoms with Gasteiger partial charge in [-0.15, -0.1) is 5.92 Å². The summed E-state index contributed by atoms with van der Waals surface area (Å²) >= 11 is 0. The van der Waals surface area contributed by atoms with Crippen LogP contribution in [-0.4, -0.2) is 36.6 Å². The van der Waals surface area contributed by atoms with Crippen LogP contribution in [0.5, 0.6) is 0 Å². The minimum absolute atomic E-state index is 0.283. The molecule has 1 rings (SSSR count). The Labute approximate surface area is 111 Å². The zero-order valence-electron chi connectivity index (χ0n) is 11.7. The summed E-state index contributed by atoms with van der Waals surface area (Å²) in [6, 6.07) is 0. The molecule has 0 radical (unpaired) electrons. The zero-order valence-corrected chi connectivity index (χ0v) is 11.7. The van der Waals surface area contributed by atoms with E-state index in [-0.39, 0.29) is 6.10 Å². The van der Waals surface area contributed by atoms with Gasteiger partial charge >= 0.3 is 0 Å². The quantitative estimate of drug-likeness (QED) is 0.536. The maximum Gasteiger partial charge on any atom is 0.222 e. The lowest BCUT2D eigenvalue weighted by atomic mass is 10.1. The molecule has 0 N–H and O–H groups in total. The molecule has 1 amide bonds. The lowest BCUT2D eigenvalue weighted by Gasteiger charge is -2.31. The Balaban J connectivity index is 2.17. The Morgan fingerprint density at radius 3 is 2.67 bits per heavy atom. The fraction of sp³-hybridized carbons (Fsp3) is 0.800. The van der Waals surface area contributed by atoms with Crippen LogP contribution in [0.4, 0.5) is 0 Å². The molecule has 0 aromatic rings. The highest BCUT2D eigenvalue weighted by Crippen LogP contribution is 2.15. The predicted octanol–water partition coefficient (Wildman–Crippen LogP) is 2.60. The minimum atomic E-state index is 0.283. The third-order valence-corrected chi connectivity index (χ3v) is 3.36. The van der Waals surface area contributed by atoms with Gasteiger partial charge in [0.05, 0.1) is 6.10 Å². The summed E-state index contributed by atoms with van der Waals surface area (Å²) in [5.41, 5.74) is 0. The van der Waals surface area contributed by atoms with Gasteiger partial charge in [0.1, 0.15) is 6.61 Å². The van der Waals surface area contributed by atoms with E-state index in [1.807, 2.05) is 11.8 Å². The van der Waals surface area contributed by atoms with E-state index >= 15 is 0 Å². The fourth-order valence-electron chi connectivity index (χ4n) is 2.19. The number of likely N-dealkylation sites (tertiary alicyclic amines) is 1. The minimum Gasteiger partial charge on any atom is -0.365 e. The van der Waals surface area contributed by atoms with Gasteiger partial charge in [0.25, 0.3) is 0 Å². The van der Waals surface area contributed by atoms with Crippen LogP contribution < -0.4 is 0 Å². The maximum atomic E-state index is 11.9. The van der Waals surface area contributed by atoms with Crippen LogP contribution in [-0.2, 0) is 9.53 Å². The highest BCUT2D eigenvalue weighted by molar-refractivity contribution is 5.76. The Morgan fingerprint density at radius 2 is 2.06 bits per heavy atom. The van der Waals surface area contributed by atoms with Crippen molar-refractivity contribution in [2.75, 3.05) is 19.7 Å². The fourth-order valence-corrected chi connectivity index (χ4v) is 2.19. The number of amides is 1. The van der Waals surface area contributed by atoms with Gasteiger partial charge in [-0.3, -0.25) is 4.79 Å². The van der Waals surface area contributed by atoms with Crippen LogP contribution in [0, 0.1) is 11.8 Å². The standard InChI is InChI=1S/C15H25NO2/c1-3-5-7-8-15(17)16-11-9-14(10-12-16)18-13-6-4-2/h14H,3,5,7-13H2,1-2H3. The number of nitrogens with zero attached hydrogens (tertiary/aromatic N) is 1. The summed E-state index contributed by atoms with van der Waals surface area (Å²) in [7, 11) is 0. The summed E-state index contributed by atoms with van der Waals surface area (Å²) in [4.78, 5) is 13.9. The van der Waals surface area contributed by atoms with E-state index in [0.29, 0.717) is 18.9 Å². The number of carbonyl (C=O) groups excluding carboxylic acids is 1.